The number of aliphatic hydroxyl groups excluding tert-OH is 1. The van der Waals surface area contributed by atoms with Gasteiger partial charge in [-0.25, -0.2) is 4.79 Å². The predicted molar refractivity (Wildman–Crippen MR) is 133 cm³/mol. The van der Waals surface area contributed by atoms with E-state index in [0.717, 1.165) is 37.7 Å². The van der Waals surface area contributed by atoms with E-state index in [9.17, 15) is 14.7 Å². The molecule has 0 spiro atoms. The fourth-order valence-electron chi connectivity index (χ4n) is 5.02. The number of carbonyl (C=O) groups is 2. The number of ether oxygens (including phenoxy) is 2. The number of esters is 1. The van der Waals surface area contributed by atoms with E-state index < -0.39 is 11.2 Å². The van der Waals surface area contributed by atoms with Crippen molar-refractivity contribution in [1.29, 1.82) is 0 Å². The maximum absolute atomic E-state index is 13.2. The van der Waals surface area contributed by atoms with Gasteiger partial charge in [-0.3, -0.25) is 4.79 Å². The van der Waals surface area contributed by atoms with Gasteiger partial charge >= 0.3 is 12.1 Å². The quantitative estimate of drug-likeness (QED) is 0.575. The first-order valence-electron chi connectivity index (χ1n) is 12.8. The SMILES string of the molecule is CC(C)(C)OC(=O)[C@@H](Cc1ccc(C2CCC(O)CC2)cc1)[C@H]1CCN(C(=O)OC(C)(C)C)C1. The molecule has 1 aliphatic carbocycles. The van der Waals surface area contributed by atoms with Crippen LogP contribution in [0.3, 0.4) is 0 Å². The Bertz CT molecular complexity index is 828. The van der Waals surface area contributed by atoms with Gasteiger partial charge in [0.1, 0.15) is 11.2 Å². The Morgan fingerprint density at radius 1 is 0.941 bits per heavy atom. The van der Waals surface area contributed by atoms with E-state index in [1.165, 1.54) is 5.56 Å². The summed E-state index contributed by atoms with van der Waals surface area (Å²) in [4.78, 5) is 27.5. The van der Waals surface area contributed by atoms with Crippen molar-refractivity contribution < 1.29 is 24.2 Å². The van der Waals surface area contributed by atoms with Crippen LogP contribution < -0.4 is 0 Å². The van der Waals surface area contributed by atoms with Crippen molar-refractivity contribution in [2.24, 2.45) is 11.8 Å². The molecule has 1 aliphatic heterocycles. The number of hydrogen-bond acceptors (Lipinski definition) is 5. The summed E-state index contributed by atoms with van der Waals surface area (Å²) in [6.45, 7) is 12.3. The standard InChI is InChI=1S/C28H43NO5/c1-27(2,3)33-25(31)24(22-15-16-29(18-22)26(32)34-28(4,5)6)17-19-7-9-20(10-8-19)21-11-13-23(30)14-12-21/h7-10,21-24,30H,11-18H2,1-6H3/t21?,22-,23?,24-/m0/s1. The number of nitrogens with zero attached hydrogens (tertiary/aromatic N) is 1. The largest absolute Gasteiger partial charge is 0.460 e. The molecule has 0 unspecified atom stereocenters. The maximum Gasteiger partial charge on any atom is 0.410 e. The van der Waals surface area contributed by atoms with E-state index in [0.29, 0.717) is 25.4 Å². The second-order valence-electron chi connectivity index (χ2n) is 12.1. The maximum atomic E-state index is 13.2. The van der Waals surface area contributed by atoms with Crippen LogP contribution in [0.4, 0.5) is 4.79 Å². The second-order valence-corrected chi connectivity index (χ2v) is 12.1. The summed E-state index contributed by atoms with van der Waals surface area (Å²) in [6.07, 6.45) is 4.63. The first-order chi connectivity index (χ1) is 15.8. The van der Waals surface area contributed by atoms with Gasteiger partial charge in [-0.05, 0) is 103 Å². The monoisotopic (exact) mass is 473 g/mol. The van der Waals surface area contributed by atoms with Gasteiger partial charge in [-0.2, -0.15) is 0 Å². The van der Waals surface area contributed by atoms with E-state index in [4.69, 9.17) is 9.47 Å². The molecule has 1 aromatic carbocycles. The zero-order chi connectivity index (χ0) is 25.1. The Morgan fingerprint density at radius 3 is 2.09 bits per heavy atom. The average Bonchev–Trinajstić information content (AvgIpc) is 3.21. The van der Waals surface area contributed by atoms with E-state index in [1.807, 2.05) is 41.5 Å². The summed E-state index contributed by atoms with van der Waals surface area (Å²) < 4.78 is 11.3. The van der Waals surface area contributed by atoms with Crippen LogP contribution in [-0.4, -0.2) is 52.5 Å². The number of likely N-dealkylation sites (tertiary alicyclic amines) is 1. The topological polar surface area (TPSA) is 76.1 Å². The Balaban J connectivity index is 1.70. The lowest BCUT2D eigenvalue weighted by molar-refractivity contribution is -0.161. The van der Waals surface area contributed by atoms with E-state index >= 15 is 0 Å². The zero-order valence-electron chi connectivity index (χ0n) is 21.8. The molecule has 190 valence electrons. The summed E-state index contributed by atoms with van der Waals surface area (Å²) in [5.41, 5.74) is 1.30. The van der Waals surface area contributed by atoms with E-state index in [1.54, 1.807) is 4.90 Å². The van der Waals surface area contributed by atoms with Crippen molar-refractivity contribution in [1.82, 2.24) is 4.90 Å². The van der Waals surface area contributed by atoms with Gasteiger partial charge in [0.25, 0.3) is 0 Å². The second kappa shape index (κ2) is 10.7. The van der Waals surface area contributed by atoms with Crippen LogP contribution in [-0.2, 0) is 20.7 Å². The van der Waals surface area contributed by atoms with Crippen LogP contribution in [0.1, 0.15) is 90.7 Å². The third-order valence-corrected chi connectivity index (χ3v) is 6.76. The molecule has 0 bridgehead atoms. The Labute approximate surface area is 205 Å². The lowest BCUT2D eigenvalue weighted by atomic mass is 9.81. The molecule has 3 rings (SSSR count). The molecule has 2 fully saturated rings. The molecule has 2 atom stereocenters. The van der Waals surface area contributed by atoms with Crippen molar-refractivity contribution in [2.75, 3.05) is 13.1 Å². The first kappa shape index (κ1) is 26.5. The van der Waals surface area contributed by atoms with Crippen LogP contribution in [0.25, 0.3) is 0 Å². The summed E-state index contributed by atoms with van der Waals surface area (Å²) in [5, 5.41) is 9.79. The molecule has 2 aliphatic rings. The van der Waals surface area contributed by atoms with E-state index in [-0.39, 0.29) is 30.0 Å². The lowest BCUT2D eigenvalue weighted by Crippen LogP contribution is -2.38. The van der Waals surface area contributed by atoms with Crippen molar-refractivity contribution >= 4 is 12.1 Å². The first-order valence-corrected chi connectivity index (χ1v) is 12.8. The van der Waals surface area contributed by atoms with Crippen molar-refractivity contribution in [3.8, 4) is 0 Å². The number of amides is 1. The zero-order valence-corrected chi connectivity index (χ0v) is 21.8. The summed E-state index contributed by atoms with van der Waals surface area (Å²) >= 11 is 0. The molecule has 0 radical (unpaired) electrons. The summed E-state index contributed by atoms with van der Waals surface area (Å²) in [7, 11) is 0. The summed E-state index contributed by atoms with van der Waals surface area (Å²) in [6, 6.07) is 8.59. The highest BCUT2D eigenvalue weighted by Gasteiger charge is 2.39. The van der Waals surface area contributed by atoms with Crippen LogP contribution >= 0.6 is 0 Å². The van der Waals surface area contributed by atoms with Crippen LogP contribution in [0.5, 0.6) is 0 Å². The van der Waals surface area contributed by atoms with Crippen molar-refractivity contribution in [3.63, 3.8) is 0 Å². The highest BCUT2D eigenvalue weighted by Crippen LogP contribution is 2.34. The third-order valence-electron chi connectivity index (χ3n) is 6.76. The van der Waals surface area contributed by atoms with E-state index in [2.05, 4.69) is 24.3 Å². The number of benzene rings is 1. The summed E-state index contributed by atoms with van der Waals surface area (Å²) in [5.74, 6) is 0.00872. The Morgan fingerprint density at radius 2 is 1.53 bits per heavy atom. The number of carbonyl (C=O) groups excluding carboxylic acids is 2. The predicted octanol–water partition coefficient (Wildman–Crippen LogP) is 5.46. The molecule has 1 amide bonds. The fourth-order valence-corrected chi connectivity index (χ4v) is 5.02. The van der Waals surface area contributed by atoms with Gasteiger partial charge < -0.3 is 19.5 Å². The molecule has 6 heteroatoms. The van der Waals surface area contributed by atoms with Crippen molar-refractivity contribution in [2.45, 2.75) is 103 Å². The van der Waals surface area contributed by atoms with Gasteiger partial charge in [0.05, 0.1) is 12.0 Å². The minimum atomic E-state index is -0.561. The fraction of sp³-hybridized carbons (Fsp3) is 0.714. The smallest absolute Gasteiger partial charge is 0.410 e. The molecule has 1 saturated heterocycles. The average molecular weight is 474 g/mol. The van der Waals surface area contributed by atoms with Crippen LogP contribution in [0, 0.1) is 11.8 Å². The van der Waals surface area contributed by atoms with Gasteiger partial charge in [0.15, 0.2) is 0 Å². The molecule has 1 saturated carbocycles. The minimum Gasteiger partial charge on any atom is -0.460 e. The number of rotatable bonds is 5. The number of hydrogen-bond donors (Lipinski definition) is 1. The normalized spacial score (nSPS) is 24.6. The molecule has 6 nitrogen and oxygen atoms in total. The van der Waals surface area contributed by atoms with Gasteiger partial charge in [-0.15, -0.1) is 0 Å². The highest BCUT2D eigenvalue weighted by atomic mass is 16.6. The van der Waals surface area contributed by atoms with Crippen LogP contribution in [0.15, 0.2) is 24.3 Å². The molecule has 1 N–H and O–H groups in total. The minimum absolute atomic E-state index is 0.0295. The van der Waals surface area contributed by atoms with Crippen LogP contribution in [0.2, 0.25) is 0 Å². The molecule has 1 aromatic rings. The van der Waals surface area contributed by atoms with Crippen molar-refractivity contribution in [3.05, 3.63) is 35.4 Å². The molecular formula is C28H43NO5. The molecule has 34 heavy (non-hydrogen) atoms. The van der Waals surface area contributed by atoms with Gasteiger partial charge in [0, 0.05) is 13.1 Å². The Kier molecular flexibility index (Phi) is 8.33. The molecule has 1 heterocycles. The molecular weight excluding hydrogens is 430 g/mol. The molecule has 0 aromatic heterocycles. The lowest BCUT2D eigenvalue weighted by Gasteiger charge is -2.28. The van der Waals surface area contributed by atoms with Gasteiger partial charge in [-0.1, -0.05) is 24.3 Å². The highest BCUT2D eigenvalue weighted by molar-refractivity contribution is 5.74. The van der Waals surface area contributed by atoms with Gasteiger partial charge in [0.2, 0.25) is 0 Å². The number of aliphatic hydroxyl groups is 1. The Hall–Kier alpha value is -2.08. The third kappa shape index (κ3) is 7.72.